The van der Waals surface area contributed by atoms with Crippen LogP contribution in [0.3, 0.4) is 0 Å². The molecule has 0 fully saturated rings. The molecule has 0 radical (unpaired) electrons. The monoisotopic (exact) mass is 224 g/mol. The number of aromatic amines is 1. The van der Waals surface area contributed by atoms with E-state index in [9.17, 15) is 4.79 Å². The van der Waals surface area contributed by atoms with Crippen LogP contribution in [0.1, 0.15) is 10.4 Å². The molecule has 0 saturated heterocycles. The Morgan fingerprint density at radius 3 is 2.67 bits per heavy atom. The van der Waals surface area contributed by atoms with Crippen molar-refractivity contribution < 1.29 is 4.79 Å². The maximum atomic E-state index is 11.6. The third-order valence-electron chi connectivity index (χ3n) is 2.21. The lowest BCUT2D eigenvalue weighted by molar-refractivity contribution is 0.0828. The zero-order chi connectivity index (χ0) is 10.1. The fraction of sp³-hybridized carbons (Fsp3) is 0.182. The molecular weight excluding hydrogens is 212 g/mol. The second kappa shape index (κ2) is 4.36. The van der Waals surface area contributed by atoms with Crippen LogP contribution in [0.5, 0.6) is 0 Å². The van der Waals surface area contributed by atoms with Gasteiger partial charge in [-0.25, -0.2) is 0 Å². The second-order valence-electron chi connectivity index (χ2n) is 3.48. The molecule has 0 bridgehead atoms. The Balaban J connectivity index is 0.00000112. The number of nitrogens with zero attached hydrogens (tertiary/aromatic N) is 1. The molecule has 0 aliphatic carbocycles. The van der Waals surface area contributed by atoms with Gasteiger partial charge in [0.05, 0.1) is 0 Å². The zero-order valence-corrected chi connectivity index (χ0v) is 9.47. The number of rotatable bonds is 1. The van der Waals surface area contributed by atoms with Gasteiger partial charge in [0, 0.05) is 36.8 Å². The van der Waals surface area contributed by atoms with Crippen molar-refractivity contribution in [2.24, 2.45) is 0 Å². The van der Waals surface area contributed by atoms with Gasteiger partial charge < -0.3 is 9.88 Å². The van der Waals surface area contributed by atoms with E-state index in [-0.39, 0.29) is 18.3 Å². The standard InChI is InChI=1S/C11H12N2O.ClH/c1-13(2)11(14)9-3-4-10-8(7-9)5-6-12-10;/h3-7,12H,1-2H3;1H. The minimum atomic E-state index is 0. The summed E-state index contributed by atoms with van der Waals surface area (Å²) in [6.45, 7) is 0. The zero-order valence-electron chi connectivity index (χ0n) is 8.65. The van der Waals surface area contributed by atoms with Crippen LogP contribution in [0, 0.1) is 0 Å². The number of hydrogen-bond donors (Lipinski definition) is 1. The molecule has 3 nitrogen and oxygen atoms in total. The van der Waals surface area contributed by atoms with Gasteiger partial charge in [-0.2, -0.15) is 0 Å². The van der Waals surface area contributed by atoms with E-state index in [1.54, 1.807) is 19.0 Å². The third kappa shape index (κ3) is 2.13. The second-order valence-corrected chi connectivity index (χ2v) is 3.48. The molecular formula is C11H13ClN2O. The van der Waals surface area contributed by atoms with E-state index in [1.165, 1.54) is 0 Å². The molecule has 1 N–H and O–H groups in total. The number of carbonyl (C=O) groups excluding carboxylic acids is 1. The summed E-state index contributed by atoms with van der Waals surface area (Å²) in [4.78, 5) is 16.3. The average molecular weight is 225 g/mol. The molecule has 0 aliphatic rings. The van der Waals surface area contributed by atoms with Crippen LogP contribution in [-0.2, 0) is 0 Å². The average Bonchev–Trinajstić information content (AvgIpc) is 2.62. The van der Waals surface area contributed by atoms with Gasteiger partial charge in [-0.15, -0.1) is 12.4 Å². The van der Waals surface area contributed by atoms with E-state index < -0.39 is 0 Å². The predicted molar refractivity (Wildman–Crippen MR) is 63.6 cm³/mol. The Hall–Kier alpha value is -1.48. The van der Waals surface area contributed by atoms with E-state index in [2.05, 4.69) is 4.98 Å². The van der Waals surface area contributed by atoms with Gasteiger partial charge >= 0.3 is 0 Å². The summed E-state index contributed by atoms with van der Waals surface area (Å²) in [5, 5.41) is 1.07. The lowest BCUT2D eigenvalue weighted by Gasteiger charge is -2.09. The number of hydrogen-bond acceptors (Lipinski definition) is 1. The normalized spacial score (nSPS) is 9.73. The van der Waals surface area contributed by atoms with Crippen molar-refractivity contribution in [2.45, 2.75) is 0 Å². The van der Waals surface area contributed by atoms with Crippen LogP contribution in [0.2, 0.25) is 0 Å². The molecule has 80 valence electrons. The largest absolute Gasteiger partial charge is 0.361 e. The number of halogens is 1. The van der Waals surface area contributed by atoms with E-state index in [1.807, 2.05) is 30.5 Å². The first-order valence-electron chi connectivity index (χ1n) is 4.47. The molecule has 4 heteroatoms. The molecule has 1 aromatic carbocycles. The number of H-pyrrole nitrogens is 1. The molecule has 0 unspecified atom stereocenters. The highest BCUT2D eigenvalue weighted by molar-refractivity contribution is 5.97. The molecule has 0 atom stereocenters. The van der Waals surface area contributed by atoms with Crippen LogP contribution in [0.25, 0.3) is 10.9 Å². The van der Waals surface area contributed by atoms with E-state index in [4.69, 9.17) is 0 Å². The fourth-order valence-corrected chi connectivity index (χ4v) is 1.44. The minimum absolute atomic E-state index is 0. The lowest BCUT2D eigenvalue weighted by Crippen LogP contribution is -2.21. The third-order valence-corrected chi connectivity index (χ3v) is 2.21. The van der Waals surface area contributed by atoms with Crippen molar-refractivity contribution in [3.63, 3.8) is 0 Å². The van der Waals surface area contributed by atoms with Gasteiger partial charge in [-0.1, -0.05) is 0 Å². The van der Waals surface area contributed by atoms with Gasteiger partial charge in [-0.05, 0) is 24.3 Å². The van der Waals surface area contributed by atoms with Crippen LogP contribution in [0.15, 0.2) is 30.5 Å². The summed E-state index contributed by atoms with van der Waals surface area (Å²) in [6.07, 6.45) is 1.87. The quantitative estimate of drug-likeness (QED) is 0.793. The Morgan fingerprint density at radius 2 is 2.00 bits per heavy atom. The summed E-state index contributed by atoms with van der Waals surface area (Å²) >= 11 is 0. The Morgan fingerprint density at radius 1 is 1.27 bits per heavy atom. The number of fused-ring (bicyclic) bond motifs is 1. The van der Waals surface area contributed by atoms with Gasteiger partial charge in [-0.3, -0.25) is 4.79 Å². The van der Waals surface area contributed by atoms with Crippen molar-refractivity contribution in [3.8, 4) is 0 Å². The van der Waals surface area contributed by atoms with Gasteiger partial charge in [0.15, 0.2) is 0 Å². The Kier molecular flexibility index (Phi) is 3.37. The molecule has 2 rings (SSSR count). The van der Waals surface area contributed by atoms with Crippen LogP contribution in [0.4, 0.5) is 0 Å². The van der Waals surface area contributed by atoms with Crippen molar-refractivity contribution >= 4 is 29.2 Å². The SMILES string of the molecule is CN(C)C(=O)c1ccc2[nH]ccc2c1.Cl. The Labute approximate surface area is 94.5 Å². The highest BCUT2D eigenvalue weighted by Gasteiger charge is 2.07. The Bertz CT molecular complexity index is 476. The number of amides is 1. The lowest BCUT2D eigenvalue weighted by atomic mass is 10.1. The highest BCUT2D eigenvalue weighted by Crippen LogP contribution is 2.14. The molecule has 15 heavy (non-hydrogen) atoms. The maximum absolute atomic E-state index is 11.6. The first kappa shape index (κ1) is 11.6. The smallest absolute Gasteiger partial charge is 0.253 e. The van der Waals surface area contributed by atoms with Gasteiger partial charge in [0.25, 0.3) is 5.91 Å². The van der Waals surface area contributed by atoms with Crippen LogP contribution < -0.4 is 0 Å². The number of nitrogens with one attached hydrogen (secondary N) is 1. The summed E-state index contributed by atoms with van der Waals surface area (Å²) in [7, 11) is 3.51. The summed E-state index contributed by atoms with van der Waals surface area (Å²) in [5.74, 6) is 0.0353. The molecule has 1 amide bonds. The van der Waals surface area contributed by atoms with E-state index in [0.717, 1.165) is 16.5 Å². The van der Waals surface area contributed by atoms with Crippen LogP contribution >= 0.6 is 12.4 Å². The van der Waals surface area contributed by atoms with Crippen molar-refractivity contribution in [1.29, 1.82) is 0 Å². The highest BCUT2D eigenvalue weighted by atomic mass is 35.5. The number of carbonyl (C=O) groups is 1. The number of benzene rings is 1. The van der Waals surface area contributed by atoms with Crippen molar-refractivity contribution in [2.75, 3.05) is 14.1 Å². The first-order chi connectivity index (χ1) is 6.68. The van der Waals surface area contributed by atoms with E-state index in [0.29, 0.717) is 0 Å². The maximum Gasteiger partial charge on any atom is 0.253 e. The van der Waals surface area contributed by atoms with E-state index >= 15 is 0 Å². The van der Waals surface area contributed by atoms with Crippen LogP contribution in [-0.4, -0.2) is 29.9 Å². The molecule has 0 aliphatic heterocycles. The van der Waals surface area contributed by atoms with Gasteiger partial charge in [0.2, 0.25) is 0 Å². The summed E-state index contributed by atoms with van der Waals surface area (Å²) in [6, 6.07) is 7.61. The van der Waals surface area contributed by atoms with Gasteiger partial charge in [0.1, 0.15) is 0 Å². The van der Waals surface area contributed by atoms with Crippen molar-refractivity contribution in [1.82, 2.24) is 9.88 Å². The molecule has 2 aromatic rings. The number of aromatic nitrogens is 1. The first-order valence-corrected chi connectivity index (χ1v) is 4.47. The minimum Gasteiger partial charge on any atom is -0.361 e. The fourth-order valence-electron chi connectivity index (χ4n) is 1.44. The predicted octanol–water partition coefficient (Wildman–Crippen LogP) is 2.29. The summed E-state index contributed by atoms with van der Waals surface area (Å²) < 4.78 is 0. The molecule has 0 spiro atoms. The topological polar surface area (TPSA) is 36.1 Å². The molecule has 1 aromatic heterocycles. The van der Waals surface area contributed by atoms with Crippen molar-refractivity contribution in [3.05, 3.63) is 36.0 Å². The molecule has 0 saturated carbocycles. The summed E-state index contributed by atoms with van der Waals surface area (Å²) in [5.41, 5.74) is 1.78. The molecule has 1 heterocycles.